The number of ether oxygens (including phenoxy) is 4. The number of sulfone groups is 3. The molecule has 12 nitrogen and oxygen atoms in total. The number of hydrogen-bond acceptors (Lipinski definition) is 12. The highest BCUT2D eigenvalue weighted by atomic mass is 32.2. The summed E-state index contributed by atoms with van der Waals surface area (Å²) < 4.78 is 95.5. The van der Waals surface area contributed by atoms with Crippen molar-refractivity contribution in [2.45, 2.75) is 62.5 Å². The molecule has 0 aliphatic rings. The van der Waals surface area contributed by atoms with Crippen LogP contribution < -0.4 is 18.9 Å². The van der Waals surface area contributed by atoms with Crippen molar-refractivity contribution in [2.24, 2.45) is 0 Å². The van der Waals surface area contributed by atoms with E-state index in [9.17, 15) is 30.4 Å². The van der Waals surface area contributed by atoms with Gasteiger partial charge >= 0.3 is 0 Å². The second-order valence-corrected chi connectivity index (χ2v) is 23.6. The standard InChI is InChI=1S/C28H26O4S.C14H14O3S.C13H12O4S.C7H8O/c1-20-4-16-26(17-5-20)33(30,31)27-18-14-25(15-19-27)32-24-12-8-22(9-13-24)28(2,3)21-6-10-23(29)11-7-21;1-11-3-7-13(8-4-11)18(15,16)14-9-5-12(17-2)6-10-14;1-17-11-4-8-13(9-5-11)18(15,16)12-6-2-10(14)3-7-12;1-8-7-5-3-2-4-6-7/h4-19,29H,1-3H3;3-10H,1-2H3;2-9,14H,1H3;2-6H,1H3. The van der Waals surface area contributed by atoms with E-state index in [1.807, 2.05) is 80.6 Å². The normalized spacial score (nSPS) is 11.2. The highest BCUT2D eigenvalue weighted by molar-refractivity contribution is 7.92. The summed E-state index contributed by atoms with van der Waals surface area (Å²) in [4.78, 5) is 1.41. The lowest BCUT2D eigenvalue weighted by molar-refractivity contribution is 0.414. The van der Waals surface area contributed by atoms with Gasteiger partial charge in [-0.25, -0.2) is 25.3 Å². The van der Waals surface area contributed by atoms with E-state index in [0.29, 0.717) is 27.9 Å². The maximum atomic E-state index is 12.8. The lowest BCUT2D eigenvalue weighted by Gasteiger charge is -2.26. The second kappa shape index (κ2) is 25.9. The number of rotatable bonds is 13. The summed E-state index contributed by atoms with van der Waals surface area (Å²) in [7, 11) is -5.83. The molecular formula is C62H60O12S3. The van der Waals surface area contributed by atoms with E-state index in [2.05, 4.69) is 13.8 Å². The zero-order chi connectivity index (χ0) is 55.8. The molecule has 0 saturated carbocycles. The molecule has 0 aromatic heterocycles. The lowest BCUT2D eigenvalue weighted by atomic mass is 9.78. The minimum atomic E-state index is -3.57. The van der Waals surface area contributed by atoms with Crippen molar-refractivity contribution in [3.8, 4) is 40.2 Å². The average Bonchev–Trinajstić information content (AvgIpc) is 3.45. The molecule has 0 aliphatic carbocycles. The summed E-state index contributed by atoms with van der Waals surface area (Å²) >= 11 is 0. The minimum absolute atomic E-state index is 0.0312. The molecule has 9 aromatic carbocycles. The molecule has 398 valence electrons. The molecule has 0 aliphatic heterocycles. The first kappa shape index (κ1) is 57.9. The summed E-state index contributed by atoms with van der Waals surface area (Å²) in [6.45, 7) is 8.10. The second-order valence-electron chi connectivity index (χ2n) is 17.8. The predicted molar refractivity (Wildman–Crippen MR) is 299 cm³/mol. The number of phenolic OH excluding ortho intramolecular Hbond substituents is 2. The fourth-order valence-corrected chi connectivity index (χ4v) is 11.1. The van der Waals surface area contributed by atoms with Gasteiger partial charge in [-0.3, -0.25) is 0 Å². The van der Waals surface area contributed by atoms with Gasteiger partial charge in [0.25, 0.3) is 0 Å². The monoisotopic (exact) mass is 1090 g/mol. The number of benzene rings is 9. The Labute approximate surface area is 452 Å². The molecule has 0 spiro atoms. The van der Waals surface area contributed by atoms with Crippen molar-refractivity contribution in [3.63, 3.8) is 0 Å². The van der Waals surface area contributed by atoms with Crippen LogP contribution in [0.5, 0.6) is 40.2 Å². The number of hydrogen-bond donors (Lipinski definition) is 2. The smallest absolute Gasteiger partial charge is 0.206 e. The molecule has 0 fully saturated rings. The molecule has 2 N–H and O–H groups in total. The van der Waals surface area contributed by atoms with E-state index in [-0.39, 0.29) is 41.4 Å². The quantitative estimate of drug-likeness (QED) is 0.112. The van der Waals surface area contributed by atoms with Crippen LogP contribution >= 0.6 is 0 Å². The van der Waals surface area contributed by atoms with Gasteiger partial charge in [0.05, 0.1) is 50.7 Å². The third kappa shape index (κ3) is 15.4. The first-order valence-corrected chi connectivity index (χ1v) is 28.3. The highest BCUT2D eigenvalue weighted by Gasteiger charge is 2.24. The van der Waals surface area contributed by atoms with E-state index < -0.39 is 29.5 Å². The third-order valence-corrected chi connectivity index (χ3v) is 17.4. The summed E-state index contributed by atoms with van der Waals surface area (Å²) in [5.41, 5.74) is 4.01. The van der Waals surface area contributed by atoms with E-state index in [0.717, 1.165) is 28.0 Å². The summed E-state index contributed by atoms with van der Waals surface area (Å²) in [5, 5.41) is 18.7. The van der Waals surface area contributed by atoms with Crippen molar-refractivity contribution in [3.05, 3.63) is 247 Å². The zero-order valence-corrected chi connectivity index (χ0v) is 46.0. The van der Waals surface area contributed by atoms with Crippen LogP contribution in [0.15, 0.2) is 254 Å². The number of aryl methyl sites for hydroxylation is 2. The Morgan fingerprint density at radius 1 is 0.312 bits per heavy atom. The van der Waals surface area contributed by atoms with Crippen LogP contribution in [0, 0.1) is 13.8 Å². The van der Waals surface area contributed by atoms with Crippen molar-refractivity contribution in [1.82, 2.24) is 0 Å². The molecule has 9 rings (SSSR count). The molecule has 0 heterocycles. The van der Waals surface area contributed by atoms with Gasteiger partial charge in [0.15, 0.2) is 0 Å². The van der Waals surface area contributed by atoms with Crippen LogP contribution in [0.25, 0.3) is 0 Å². The summed E-state index contributed by atoms with van der Waals surface area (Å²) in [5.74, 6) is 3.64. The molecule has 0 saturated heterocycles. The van der Waals surface area contributed by atoms with Crippen molar-refractivity contribution >= 4 is 29.5 Å². The highest BCUT2D eigenvalue weighted by Crippen LogP contribution is 2.35. The molecule has 77 heavy (non-hydrogen) atoms. The maximum Gasteiger partial charge on any atom is 0.206 e. The van der Waals surface area contributed by atoms with Gasteiger partial charge in [0.1, 0.15) is 40.2 Å². The molecule has 15 heteroatoms. The van der Waals surface area contributed by atoms with Gasteiger partial charge in [-0.05, 0) is 183 Å². The van der Waals surface area contributed by atoms with Crippen LogP contribution in [0.3, 0.4) is 0 Å². The van der Waals surface area contributed by atoms with Gasteiger partial charge in [-0.1, -0.05) is 91.7 Å². The van der Waals surface area contributed by atoms with Gasteiger partial charge in [0.2, 0.25) is 29.5 Å². The predicted octanol–water partition coefficient (Wildman–Crippen LogP) is 13.4. The minimum Gasteiger partial charge on any atom is -0.508 e. The summed E-state index contributed by atoms with van der Waals surface area (Å²) in [6.07, 6.45) is 0. The molecule has 0 atom stereocenters. The van der Waals surface area contributed by atoms with Crippen LogP contribution in [0.4, 0.5) is 0 Å². The molecule has 0 radical (unpaired) electrons. The number of aromatic hydroxyl groups is 2. The number of phenols is 2. The van der Waals surface area contributed by atoms with Crippen LogP contribution in [-0.4, -0.2) is 56.8 Å². The first-order chi connectivity index (χ1) is 36.7. The summed E-state index contributed by atoms with van der Waals surface area (Å²) in [6, 6.07) is 62.8. The molecule has 9 aromatic rings. The van der Waals surface area contributed by atoms with Gasteiger partial charge in [-0.2, -0.15) is 0 Å². The molecule has 0 amide bonds. The van der Waals surface area contributed by atoms with Crippen molar-refractivity contribution < 1.29 is 54.4 Å². The largest absolute Gasteiger partial charge is 0.508 e. The molecule has 0 bridgehead atoms. The Hall–Kier alpha value is -8.37. The van der Waals surface area contributed by atoms with Crippen molar-refractivity contribution in [2.75, 3.05) is 21.3 Å². The Morgan fingerprint density at radius 2 is 0.545 bits per heavy atom. The Bertz CT molecular complexity index is 3510. The van der Waals surface area contributed by atoms with Crippen LogP contribution in [0.2, 0.25) is 0 Å². The van der Waals surface area contributed by atoms with Crippen LogP contribution in [-0.2, 0) is 34.9 Å². The van der Waals surface area contributed by atoms with Gasteiger partial charge < -0.3 is 29.2 Å². The van der Waals surface area contributed by atoms with E-state index >= 15 is 0 Å². The zero-order valence-electron chi connectivity index (χ0n) is 43.6. The Morgan fingerprint density at radius 3 is 0.844 bits per heavy atom. The van der Waals surface area contributed by atoms with E-state index in [1.165, 1.54) is 43.5 Å². The van der Waals surface area contributed by atoms with Gasteiger partial charge in [0, 0.05) is 5.41 Å². The fourth-order valence-electron chi connectivity index (χ4n) is 7.34. The van der Waals surface area contributed by atoms with E-state index in [4.69, 9.17) is 24.1 Å². The fraction of sp³-hybridized carbons (Fsp3) is 0.129. The number of methoxy groups -OCH3 is 3. The Balaban J connectivity index is 0.000000185. The first-order valence-electron chi connectivity index (χ1n) is 23.9. The SMILES string of the molecule is COc1ccc(S(=O)(=O)c2ccc(C)cc2)cc1.COc1ccc(S(=O)(=O)c2ccc(O)cc2)cc1.COc1ccccc1.Cc1ccc(S(=O)(=O)c2ccc(Oc3ccc(C(C)(C)c4ccc(O)cc4)cc3)cc2)cc1. The Kier molecular flexibility index (Phi) is 19.5. The lowest BCUT2D eigenvalue weighted by Crippen LogP contribution is -2.18. The third-order valence-electron chi connectivity index (χ3n) is 12.1. The van der Waals surface area contributed by atoms with Gasteiger partial charge in [-0.15, -0.1) is 0 Å². The number of para-hydroxylation sites is 1. The van der Waals surface area contributed by atoms with Crippen LogP contribution in [0.1, 0.15) is 36.1 Å². The molecule has 0 unspecified atom stereocenters. The topological polar surface area (TPSA) is 180 Å². The molecular weight excluding hydrogens is 1030 g/mol. The average molecular weight is 1090 g/mol. The van der Waals surface area contributed by atoms with Crippen molar-refractivity contribution in [1.29, 1.82) is 0 Å². The van der Waals surface area contributed by atoms with E-state index in [1.54, 1.807) is 136 Å². The maximum absolute atomic E-state index is 12.8.